The van der Waals surface area contributed by atoms with Crippen molar-refractivity contribution in [3.05, 3.63) is 47.4 Å². The van der Waals surface area contributed by atoms with Crippen LogP contribution in [0.1, 0.15) is 28.8 Å². The van der Waals surface area contributed by atoms with E-state index >= 15 is 0 Å². The van der Waals surface area contributed by atoms with Gasteiger partial charge in [0.25, 0.3) is 5.91 Å². The molecule has 1 unspecified atom stereocenters. The first kappa shape index (κ1) is 19.5. The SMILES string of the molecule is CC[NH+](CC(=O)Nc1ccccc1OC)Cc1cc(C(=O)OC)c(C)o1. The molecule has 1 heterocycles. The van der Waals surface area contributed by atoms with E-state index in [1.54, 1.807) is 32.2 Å². The van der Waals surface area contributed by atoms with Crippen LogP contribution in [0.5, 0.6) is 5.75 Å². The van der Waals surface area contributed by atoms with Gasteiger partial charge in [-0.1, -0.05) is 12.1 Å². The number of furan rings is 1. The van der Waals surface area contributed by atoms with E-state index in [1.165, 1.54) is 7.11 Å². The van der Waals surface area contributed by atoms with Crippen molar-refractivity contribution >= 4 is 17.6 Å². The lowest BCUT2D eigenvalue weighted by Crippen LogP contribution is -3.11. The summed E-state index contributed by atoms with van der Waals surface area (Å²) >= 11 is 0. The summed E-state index contributed by atoms with van der Waals surface area (Å²) < 4.78 is 15.6. The minimum absolute atomic E-state index is 0.122. The van der Waals surface area contributed by atoms with E-state index < -0.39 is 5.97 Å². The number of ether oxygens (including phenoxy) is 2. The Morgan fingerprint density at radius 1 is 1.23 bits per heavy atom. The van der Waals surface area contributed by atoms with Crippen LogP contribution in [0.25, 0.3) is 0 Å². The highest BCUT2D eigenvalue weighted by molar-refractivity contribution is 5.93. The number of aryl methyl sites for hydroxylation is 1. The molecule has 1 amide bonds. The van der Waals surface area contributed by atoms with Gasteiger partial charge < -0.3 is 24.1 Å². The van der Waals surface area contributed by atoms with Crippen molar-refractivity contribution in [1.82, 2.24) is 0 Å². The molecule has 0 aliphatic rings. The zero-order valence-electron chi connectivity index (χ0n) is 15.5. The number of quaternary nitrogens is 1. The number of carbonyl (C=O) groups excluding carboxylic acids is 2. The fourth-order valence-electron chi connectivity index (χ4n) is 2.67. The summed E-state index contributed by atoms with van der Waals surface area (Å²) in [7, 11) is 2.90. The summed E-state index contributed by atoms with van der Waals surface area (Å²) in [5.74, 6) is 1.22. The zero-order valence-corrected chi connectivity index (χ0v) is 15.5. The number of rotatable bonds is 8. The van der Waals surface area contributed by atoms with E-state index in [1.807, 2.05) is 19.1 Å². The van der Waals surface area contributed by atoms with Crippen LogP contribution in [0.2, 0.25) is 0 Å². The molecule has 0 saturated carbocycles. The molecular weight excluding hydrogens is 336 g/mol. The maximum Gasteiger partial charge on any atom is 0.341 e. The lowest BCUT2D eigenvalue weighted by molar-refractivity contribution is -0.904. The van der Waals surface area contributed by atoms with Crippen molar-refractivity contribution in [2.24, 2.45) is 0 Å². The number of likely N-dealkylation sites (N-methyl/N-ethyl adjacent to an activating group) is 1. The number of nitrogens with one attached hydrogen (secondary N) is 2. The van der Waals surface area contributed by atoms with Gasteiger partial charge >= 0.3 is 5.97 Å². The van der Waals surface area contributed by atoms with Gasteiger partial charge in [-0.05, 0) is 26.0 Å². The molecule has 1 aromatic carbocycles. The molecule has 0 spiro atoms. The van der Waals surface area contributed by atoms with E-state index in [0.29, 0.717) is 35.1 Å². The van der Waals surface area contributed by atoms with Gasteiger partial charge in [-0.3, -0.25) is 4.79 Å². The summed E-state index contributed by atoms with van der Waals surface area (Å²) in [5, 5.41) is 2.87. The largest absolute Gasteiger partial charge is 0.495 e. The van der Waals surface area contributed by atoms with Crippen LogP contribution in [0, 0.1) is 6.92 Å². The number of methoxy groups -OCH3 is 2. The Bertz CT molecular complexity index is 769. The second-order valence-corrected chi connectivity index (χ2v) is 5.88. The number of para-hydroxylation sites is 2. The van der Waals surface area contributed by atoms with E-state index in [-0.39, 0.29) is 12.5 Å². The Balaban J connectivity index is 2.01. The van der Waals surface area contributed by atoms with Gasteiger partial charge in [0.2, 0.25) is 0 Å². The van der Waals surface area contributed by atoms with Crippen molar-refractivity contribution in [2.75, 3.05) is 32.6 Å². The van der Waals surface area contributed by atoms with Crippen molar-refractivity contribution in [3.63, 3.8) is 0 Å². The predicted molar refractivity (Wildman–Crippen MR) is 96.5 cm³/mol. The highest BCUT2D eigenvalue weighted by Crippen LogP contribution is 2.22. The topological polar surface area (TPSA) is 82.2 Å². The van der Waals surface area contributed by atoms with Crippen molar-refractivity contribution in [1.29, 1.82) is 0 Å². The summed E-state index contributed by atoms with van der Waals surface area (Å²) in [5.41, 5.74) is 1.05. The van der Waals surface area contributed by atoms with Gasteiger partial charge in [-0.2, -0.15) is 0 Å². The molecule has 26 heavy (non-hydrogen) atoms. The highest BCUT2D eigenvalue weighted by Gasteiger charge is 2.20. The fourth-order valence-corrected chi connectivity index (χ4v) is 2.67. The molecule has 7 heteroatoms. The Morgan fingerprint density at radius 3 is 2.62 bits per heavy atom. The van der Waals surface area contributed by atoms with Gasteiger partial charge in [0.05, 0.1) is 26.5 Å². The number of hydrogen-bond acceptors (Lipinski definition) is 5. The third-order valence-electron chi connectivity index (χ3n) is 4.09. The zero-order chi connectivity index (χ0) is 19.1. The number of hydrogen-bond donors (Lipinski definition) is 2. The fraction of sp³-hybridized carbons (Fsp3) is 0.368. The summed E-state index contributed by atoms with van der Waals surface area (Å²) in [6.07, 6.45) is 0. The monoisotopic (exact) mass is 361 g/mol. The van der Waals surface area contributed by atoms with Crippen molar-refractivity contribution in [2.45, 2.75) is 20.4 Å². The van der Waals surface area contributed by atoms with E-state index in [9.17, 15) is 9.59 Å². The molecule has 0 bridgehead atoms. The molecule has 2 aromatic rings. The maximum absolute atomic E-state index is 12.4. The number of carbonyl (C=O) groups is 2. The van der Waals surface area contributed by atoms with Crippen LogP contribution in [0.15, 0.2) is 34.7 Å². The number of esters is 1. The number of benzene rings is 1. The van der Waals surface area contributed by atoms with Crippen LogP contribution in [-0.2, 0) is 16.1 Å². The molecular formula is C19H25N2O5+. The van der Waals surface area contributed by atoms with Crippen LogP contribution in [-0.4, -0.2) is 39.2 Å². The van der Waals surface area contributed by atoms with Gasteiger partial charge in [-0.25, -0.2) is 4.79 Å². The van der Waals surface area contributed by atoms with Crippen LogP contribution < -0.4 is 15.0 Å². The number of anilines is 1. The second kappa shape index (κ2) is 9.05. The second-order valence-electron chi connectivity index (χ2n) is 5.88. The molecule has 0 saturated heterocycles. The van der Waals surface area contributed by atoms with Gasteiger partial charge in [-0.15, -0.1) is 0 Å². The third kappa shape index (κ3) is 4.86. The van der Waals surface area contributed by atoms with Crippen LogP contribution in [0.3, 0.4) is 0 Å². The first-order valence-corrected chi connectivity index (χ1v) is 8.42. The van der Waals surface area contributed by atoms with E-state index in [0.717, 1.165) is 11.4 Å². The Labute approximate surface area is 152 Å². The Morgan fingerprint density at radius 2 is 1.96 bits per heavy atom. The van der Waals surface area contributed by atoms with Gasteiger partial charge in [0, 0.05) is 6.07 Å². The average molecular weight is 361 g/mol. The Kier molecular flexibility index (Phi) is 6.80. The first-order valence-electron chi connectivity index (χ1n) is 8.42. The smallest absolute Gasteiger partial charge is 0.341 e. The van der Waals surface area contributed by atoms with Crippen molar-refractivity contribution in [3.8, 4) is 5.75 Å². The minimum atomic E-state index is -0.426. The molecule has 2 N–H and O–H groups in total. The molecule has 0 aliphatic carbocycles. The van der Waals surface area contributed by atoms with Gasteiger partial charge in [0.1, 0.15) is 23.6 Å². The minimum Gasteiger partial charge on any atom is -0.495 e. The summed E-state index contributed by atoms with van der Waals surface area (Å²) in [6, 6.07) is 8.94. The van der Waals surface area contributed by atoms with Crippen LogP contribution >= 0.6 is 0 Å². The quantitative estimate of drug-likeness (QED) is 0.695. The predicted octanol–water partition coefficient (Wildman–Crippen LogP) is 1.43. The molecule has 0 radical (unpaired) electrons. The lowest BCUT2D eigenvalue weighted by Gasteiger charge is -2.16. The molecule has 0 fully saturated rings. The highest BCUT2D eigenvalue weighted by atomic mass is 16.5. The van der Waals surface area contributed by atoms with Crippen molar-refractivity contribution < 1.29 is 28.4 Å². The molecule has 140 valence electrons. The molecule has 1 atom stereocenters. The van der Waals surface area contributed by atoms with E-state index in [4.69, 9.17) is 13.9 Å². The summed E-state index contributed by atoms with van der Waals surface area (Å²) in [6.45, 7) is 5.20. The summed E-state index contributed by atoms with van der Waals surface area (Å²) in [4.78, 5) is 25.1. The third-order valence-corrected chi connectivity index (χ3v) is 4.09. The van der Waals surface area contributed by atoms with Gasteiger partial charge in [0.15, 0.2) is 12.3 Å². The Hall–Kier alpha value is -2.80. The lowest BCUT2D eigenvalue weighted by atomic mass is 10.2. The molecule has 0 aliphatic heterocycles. The molecule has 1 aromatic heterocycles. The molecule has 7 nitrogen and oxygen atoms in total. The molecule has 2 rings (SSSR count). The van der Waals surface area contributed by atoms with Crippen LogP contribution in [0.4, 0.5) is 5.69 Å². The first-order chi connectivity index (χ1) is 12.5. The maximum atomic E-state index is 12.4. The van der Waals surface area contributed by atoms with E-state index in [2.05, 4.69) is 5.32 Å². The standard InChI is InChI=1S/C19H24N2O5/c1-5-21(11-14-10-15(13(2)26-14)19(23)25-4)12-18(22)20-16-8-6-7-9-17(16)24-3/h6-10H,5,11-12H2,1-4H3,(H,20,22)/p+1. The normalized spacial score (nSPS) is 11.7. The average Bonchev–Trinajstić information content (AvgIpc) is 3.01. The number of amides is 1.